The van der Waals surface area contributed by atoms with E-state index in [2.05, 4.69) is 0 Å². The molecule has 27 heavy (non-hydrogen) atoms. The number of ether oxygens (including phenoxy) is 2. The van der Waals surface area contributed by atoms with Crippen molar-refractivity contribution in [2.75, 3.05) is 18.1 Å². The Bertz CT molecular complexity index is 908. The van der Waals surface area contributed by atoms with Crippen LogP contribution in [-0.4, -0.2) is 24.7 Å². The Balaban J connectivity index is 1.76. The molecule has 1 atom stereocenters. The smallest absolute Gasteiger partial charge is 0.416 e. The van der Waals surface area contributed by atoms with E-state index in [0.29, 0.717) is 5.75 Å². The molecular formula is C20H18F3NO3. The Hall–Kier alpha value is -2.70. The van der Waals surface area contributed by atoms with Crippen molar-refractivity contribution in [2.24, 2.45) is 0 Å². The first-order valence-electron chi connectivity index (χ1n) is 8.59. The lowest BCUT2D eigenvalue weighted by Gasteiger charge is -2.40. The van der Waals surface area contributed by atoms with E-state index in [1.165, 1.54) is 11.0 Å². The minimum Gasteiger partial charge on any atom is -0.492 e. The molecule has 0 radical (unpaired) electrons. The van der Waals surface area contributed by atoms with Crippen LogP contribution in [-0.2, 0) is 11.0 Å². The standard InChI is InChI=1S/C20H18F3NO3/c1-19(2)11-24(15-9-12(20(21,22)23)7-8-17(15)27-19)18(25)14-10-26-16-6-4-3-5-13(14)16/h3-9,14H,10-11H2,1-2H3. The number of carbonyl (C=O) groups excluding carboxylic acids is 1. The van der Waals surface area contributed by atoms with E-state index < -0.39 is 23.3 Å². The number of amides is 1. The minimum absolute atomic E-state index is 0.138. The van der Waals surface area contributed by atoms with Crippen molar-refractivity contribution in [1.82, 2.24) is 0 Å². The van der Waals surface area contributed by atoms with Crippen LogP contribution >= 0.6 is 0 Å². The van der Waals surface area contributed by atoms with Gasteiger partial charge in [-0.1, -0.05) is 18.2 Å². The highest BCUT2D eigenvalue weighted by atomic mass is 19.4. The SMILES string of the molecule is CC1(C)CN(C(=O)C2COc3ccccc32)c2cc(C(F)(F)F)ccc2O1. The van der Waals surface area contributed by atoms with Gasteiger partial charge in [-0.2, -0.15) is 13.2 Å². The van der Waals surface area contributed by atoms with Crippen molar-refractivity contribution >= 4 is 11.6 Å². The molecule has 0 saturated carbocycles. The molecule has 1 unspecified atom stereocenters. The number of hydrogen-bond acceptors (Lipinski definition) is 3. The van der Waals surface area contributed by atoms with Gasteiger partial charge in [0.25, 0.3) is 0 Å². The summed E-state index contributed by atoms with van der Waals surface area (Å²) < 4.78 is 50.9. The Morgan fingerprint density at radius 2 is 1.89 bits per heavy atom. The summed E-state index contributed by atoms with van der Waals surface area (Å²) in [5.41, 5.74) is -0.647. The van der Waals surface area contributed by atoms with E-state index in [1.54, 1.807) is 19.9 Å². The zero-order valence-corrected chi connectivity index (χ0v) is 14.8. The van der Waals surface area contributed by atoms with Crippen LogP contribution in [0.2, 0.25) is 0 Å². The predicted octanol–water partition coefficient (Wildman–Crippen LogP) is 4.39. The number of benzene rings is 2. The lowest BCUT2D eigenvalue weighted by Crippen LogP contribution is -2.50. The molecule has 0 N–H and O–H groups in total. The summed E-state index contributed by atoms with van der Waals surface area (Å²) in [5.74, 6) is 0.0434. The van der Waals surface area contributed by atoms with E-state index in [9.17, 15) is 18.0 Å². The lowest BCUT2D eigenvalue weighted by atomic mass is 9.97. The number of hydrogen-bond donors (Lipinski definition) is 0. The van der Waals surface area contributed by atoms with Gasteiger partial charge in [0.1, 0.15) is 29.6 Å². The van der Waals surface area contributed by atoms with Gasteiger partial charge in [0.05, 0.1) is 17.8 Å². The average molecular weight is 377 g/mol. The molecule has 1 amide bonds. The van der Waals surface area contributed by atoms with E-state index in [1.807, 2.05) is 18.2 Å². The van der Waals surface area contributed by atoms with Gasteiger partial charge in [-0.15, -0.1) is 0 Å². The zero-order valence-electron chi connectivity index (χ0n) is 14.8. The van der Waals surface area contributed by atoms with E-state index in [4.69, 9.17) is 9.47 Å². The van der Waals surface area contributed by atoms with Crippen LogP contribution in [0.4, 0.5) is 18.9 Å². The quantitative estimate of drug-likeness (QED) is 0.740. The van der Waals surface area contributed by atoms with Crippen molar-refractivity contribution in [3.8, 4) is 11.5 Å². The van der Waals surface area contributed by atoms with Gasteiger partial charge in [-0.25, -0.2) is 0 Å². The van der Waals surface area contributed by atoms with Crippen molar-refractivity contribution in [1.29, 1.82) is 0 Å². The summed E-state index contributed by atoms with van der Waals surface area (Å²) in [6, 6.07) is 10.4. The first kappa shape index (κ1) is 17.7. The normalized spacial score (nSPS) is 20.3. The number of para-hydroxylation sites is 1. The summed E-state index contributed by atoms with van der Waals surface area (Å²) in [5, 5.41) is 0. The predicted molar refractivity (Wildman–Crippen MR) is 93.2 cm³/mol. The van der Waals surface area contributed by atoms with Gasteiger partial charge in [-0.05, 0) is 38.1 Å². The van der Waals surface area contributed by atoms with Crippen LogP contribution in [0.25, 0.3) is 0 Å². The molecule has 0 aliphatic carbocycles. The maximum absolute atomic E-state index is 13.3. The molecule has 0 saturated heterocycles. The highest BCUT2D eigenvalue weighted by Crippen LogP contribution is 2.43. The number of halogens is 3. The Kier molecular flexibility index (Phi) is 3.87. The average Bonchev–Trinajstić information content (AvgIpc) is 3.02. The second kappa shape index (κ2) is 5.90. The van der Waals surface area contributed by atoms with Gasteiger partial charge in [0.2, 0.25) is 5.91 Å². The summed E-state index contributed by atoms with van der Waals surface area (Å²) in [6.45, 7) is 3.92. The number of alkyl halides is 3. The molecule has 2 aromatic rings. The Labute approximate surface area is 154 Å². The maximum Gasteiger partial charge on any atom is 0.416 e. The molecule has 4 nitrogen and oxygen atoms in total. The zero-order chi connectivity index (χ0) is 19.4. The summed E-state index contributed by atoms with van der Waals surface area (Å²) in [4.78, 5) is 14.7. The second-order valence-corrected chi connectivity index (χ2v) is 7.37. The highest BCUT2D eigenvalue weighted by molar-refractivity contribution is 6.00. The van der Waals surface area contributed by atoms with Crippen molar-refractivity contribution in [3.63, 3.8) is 0 Å². The van der Waals surface area contributed by atoms with Crippen LogP contribution in [0.3, 0.4) is 0 Å². The second-order valence-electron chi connectivity index (χ2n) is 7.37. The van der Waals surface area contributed by atoms with Crippen LogP contribution in [0.5, 0.6) is 11.5 Å². The fourth-order valence-electron chi connectivity index (χ4n) is 3.54. The lowest BCUT2D eigenvalue weighted by molar-refractivity contribution is -0.137. The van der Waals surface area contributed by atoms with Crippen molar-refractivity contribution < 1.29 is 27.4 Å². The molecule has 2 aliphatic rings. The van der Waals surface area contributed by atoms with Crippen molar-refractivity contribution in [2.45, 2.75) is 31.5 Å². The Morgan fingerprint density at radius 3 is 2.63 bits per heavy atom. The highest BCUT2D eigenvalue weighted by Gasteiger charge is 2.41. The molecule has 0 bridgehead atoms. The topological polar surface area (TPSA) is 38.8 Å². The number of carbonyl (C=O) groups is 1. The fourth-order valence-corrected chi connectivity index (χ4v) is 3.54. The molecular weight excluding hydrogens is 359 g/mol. The van der Waals surface area contributed by atoms with Gasteiger partial charge in [-0.3, -0.25) is 4.79 Å². The van der Waals surface area contributed by atoms with Crippen LogP contribution < -0.4 is 14.4 Å². The van der Waals surface area contributed by atoms with Gasteiger partial charge in [0, 0.05) is 5.56 Å². The summed E-state index contributed by atoms with van der Waals surface area (Å²) in [7, 11) is 0. The third-order valence-electron chi connectivity index (χ3n) is 4.77. The monoisotopic (exact) mass is 377 g/mol. The molecule has 0 spiro atoms. The Morgan fingerprint density at radius 1 is 1.15 bits per heavy atom. The number of anilines is 1. The number of fused-ring (bicyclic) bond motifs is 2. The molecule has 7 heteroatoms. The molecule has 0 aromatic heterocycles. The molecule has 4 rings (SSSR count). The molecule has 2 heterocycles. The maximum atomic E-state index is 13.3. The summed E-state index contributed by atoms with van der Waals surface area (Å²) in [6.07, 6.45) is -4.50. The number of rotatable bonds is 1. The largest absolute Gasteiger partial charge is 0.492 e. The van der Waals surface area contributed by atoms with Gasteiger partial charge >= 0.3 is 6.18 Å². The van der Waals surface area contributed by atoms with Gasteiger partial charge < -0.3 is 14.4 Å². The molecule has 2 aliphatic heterocycles. The number of nitrogens with zero attached hydrogens (tertiary/aromatic N) is 1. The molecule has 2 aromatic carbocycles. The molecule has 0 fully saturated rings. The van der Waals surface area contributed by atoms with E-state index >= 15 is 0 Å². The van der Waals surface area contributed by atoms with Crippen LogP contribution in [0.1, 0.15) is 30.9 Å². The third-order valence-corrected chi connectivity index (χ3v) is 4.77. The van der Waals surface area contributed by atoms with E-state index in [0.717, 1.165) is 17.7 Å². The third kappa shape index (κ3) is 3.11. The van der Waals surface area contributed by atoms with Crippen molar-refractivity contribution in [3.05, 3.63) is 53.6 Å². The summed E-state index contributed by atoms with van der Waals surface area (Å²) >= 11 is 0. The fraction of sp³-hybridized carbons (Fsp3) is 0.350. The first-order valence-corrected chi connectivity index (χ1v) is 8.59. The van der Waals surface area contributed by atoms with Crippen LogP contribution in [0.15, 0.2) is 42.5 Å². The molecule has 142 valence electrons. The first-order chi connectivity index (χ1) is 12.7. The minimum atomic E-state index is -4.50. The van der Waals surface area contributed by atoms with Gasteiger partial charge in [0.15, 0.2) is 0 Å². The van der Waals surface area contributed by atoms with Crippen LogP contribution in [0, 0.1) is 0 Å². The van der Waals surface area contributed by atoms with E-state index in [-0.39, 0.29) is 30.5 Å².